The van der Waals surface area contributed by atoms with Crippen LogP contribution in [0.2, 0.25) is 0 Å². The van der Waals surface area contributed by atoms with Crippen LogP contribution in [0.4, 0.5) is 0 Å². The molecule has 0 bridgehead atoms. The molecule has 12 rings (SSSR count). The van der Waals surface area contributed by atoms with Gasteiger partial charge in [0.1, 0.15) is 0 Å². The smallest absolute Gasteiger partial charge is 0.195 e. The van der Waals surface area contributed by atoms with E-state index in [1.807, 2.05) is 13.8 Å². The predicted octanol–water partition coefficient (Wildman–Crippen LogP) is 26.7. The molecule has 0 saturated heterocycles. The highest BCUT2D eigenvalue weighted by atomic mass is 127. The lowest BCUT2D eigenvalue weighted by Crippen LogP contribution is -2.17. The molecule has 0 unspecified atom stereocenters. The van der Waals surface area contributed by atoms with E-state index in [1.54, 1.807) is 6.10 Å². The first-order chi connectivity index (χ1) is 41.9. The van der Waals surface area contributed by atoms with Crippen LogP contribution in [0, 0.1) is 0 Å². The van der Waals surface area contributed by atoms with Crippen molar-refractivity contribution in [2.24, 2.45) is 0 Å². The number of rotatable bonds is 4. The second-order valence-corrected chi connectivity index (χ2v) is 42.1. The Morgan fingerprint density at radius 3 is 0.604 bits per heavy atom. The third-order valence-corrected chi connectivity index (χ3v) is 19.4. The van der Waals surface area contributed by atoms with Gasteiger partial charge in [-0.3, -0.25) is 9.59 Å². The molecule has 0 fully saturated rings. The molecule has 0 spiro atoms. The van der Waals surface area contributed by atoms with Crippen LogP contribution < -0.4 is 10.9 Å². The Kier molecular flexibility index (Phi) is 17.5. The Labute approximate surface area is 573 Å². The van der Waals surface area contributed by atoms with Crippen molar-refractivity contribution in [3.63, 3.8) is 0 Å². The average molecular weight is 1450 g/mol. The summed E-state index contributed by atoms with van der Waals surface area (Å²) in [6, 6.07) is 46.5. The zero-order valence-electron chi connectivity index (χ0n) is 59.5. The van der Waals surface area contributed by atoms with Gasteiger partial charge in [0.2, 0.25) is 0 Å². The van der Waals surface area contributed by atoms with Gasteiger partial charge in [0.05, 0.1) is 0 Å². The molecule has 474 valence electrons. The van der Waals surface area contributed by atoms with E-state index >= 15 is 9.59 Å². The van der Waals surface area contributed by atoms with Crippen molar-refractivity contribution in [3.05, 3.63) is 186 Å². The summed E-state index contributed by atoms with van der Waals surface area (Å²) in [5.41, 5.74) is 15.7. The summed E-state index contributed by atoms with van der Waals surface area (Å²) in [5, 5.41) is 15.5. The van der Waals surface area contributed by atoms with Gasteiger partial charge in [0, 0.05) is 86.2 Å². The molecule has 0 aliphatic carbocycles. The maximum absolute atomic E-state index is 16.5. The van der Waals surface area contributed by atoms with Crippen LogP contribution >= 0.6 is 48.5 Å². The Balaban J connectivity index is 0.00000177. The van der Waals surface area contributed by atoms with Crippen LogP contribution in [0.5, 0.6) is 0 Å². The molecule has 0 N–H and O–H groups in total. The van der Waals surface area contributed by atoms with Crippen molar-refractivity contribution in [2.45, 2.75) is 223 Å². The number of halogens is 2. The minimum absolute atomic E-state index is 0.0849. The third kappa shape index (κ3) is 12.1. The molecule has 0 radical (unpaired) electrons. The van der Waals surface area contributed by atoms with Gasteiger partial charge in [0.15, 0.2) is 10.9 Å². The fourth-order valence-electron chi connectivity index (χ4n) is 13.9. The summed E-state index contributed by atoms with van der Waals surface area (Å²) in [4.78, 5) is 32.9. The standard InChI is InChI=1S/C84H92O2.C2H6.I2S/c1-77(2,3)49-31-45(32-50(39-49)78(4,5)6)65-71-59-29-25-27-57-62-44-64-70-58(61(62)43-63(69(57)59)73(71)67(75(65)85)47-35-53(81(13,14)15)41-54(36-47)82(16,17)18)28-26-30-60(70)72-66(46-33-51(79(7,8)9)40-52(34-46)80(10,11)12)76(86)68(74(64)72)48-37-55(83(19,20)21)42-56(38-48)84(22,23)24;1-2;1-3-2/h25-44H,1-24H3;1-2H3;. The molecular formula is C86H98I2O2S. The zero-order valence-corrected chi connectivity index (χ0v) is 64.7. The monoisotopic (exact) mass is 1450 g/mol. The third-order valence-electron chi connectivity index (χ3n) is 19.4. The molecular weight excluding hydrogens is 1350 g/mol. The van der Waals surface area contributed by atoms with Crippen LogP contribution in [-0.4, -0.2) is 0 Å². The summed E-state index contributed by atoms with van der Waals surface area (Å²) >= 11 is 4.38. The molecule has 12 aromatic rings. The molecule has 12 aromatic carbocycles. The molecule has 0 heterocycles. The van der Waals surface area contributed by atoms with E-state index in [0.29, 0.717) is 0 Å². The zero-order chi connectivity index (χ0) is 67.3. The molecule has 2 nitrogen and oxygen atoms in total. The van der Waals surface area contributed by atoms with Gasteiger partial charge >= 0.3 is 0 Å². The van der Waals surface area contributed by atoms with Gasteiger partial charge in [0.25, 0.3) is 0 Å². The fourth-order valence-corrected chi connectivity index (χ4v) is 13.9. The van der Waals surface area contributed by atoms with Gasteiger partial charge in [-0.1, -0.05) is 289 Å². The van der Waals surface area contributed by atoms with Gasteiger partial charge < -0.3 is 0 Å². The lowest BCUT2D eigenvalue weighted by atomic mass is 9.78. The van der Waals surface area contributed by atoms with Crippen LogP contribution in [0.1, 0.15) is 225 Å². The lowest BCUT2D eigenvalue weighted by molar-refractivity contribution is 0.568. The summed E-state index contributed by atoms with van der Waals surface area (Å²) < 4.78 is 0. The Bertz CT molecular complexity index is 4480. The van der Waals surface area contributed by atoms with Crippen molar-refractivity contribution >= 4 is 124 Å². The molecule has 0 amide bonds. The van der Waals surface area contributed by atoms with Crippen molar-refractivity contribution < 1.29 is 0 Å². The van der Waals surface area contributed by atoms with Gasteiger partial charge in [-0.05, 0) is 182 Å². The second-order valence-electron chi connectivity index (χ2n) is 34.3. The second kappa shape index (κ2) is 23.2. The first-order valence-corrected chi connectivity index (χ1v) is 38.9. The summed E-state index contributed by atoms with van der Waals surface area (Å²) in [5.74, 6) is 0. The minimum atomic E-state index is -0.165. The molecule has 0 aliphatic rings. The van der Waals surface area contributed by atoms with E-state index in [-0.39, 0.29) is 54.2 Å². The lowest BCUT2D eigenvalue weighted by Gasteiger charge is -2.26. The fraction of sp³-hybridized carbons (Fsp3) is 0.395. The van der Waals surface area contributed by atoms with Crippen LogP contribution in [0.25, 0.3) is 120 Å². The summed E-state index contributed by atoms with van der Waals surface area (Å²) in [6.07, 6.45) is 1.69. The number of hydrogen-bond donors (Lipinski definition) is 0. The van der Waals surface area contributed by atoms with Crippen molar-refractivity contribution in [1.29, 1.82) is 0 Å². The first kappa shape index (κ1) is 68.5. The molecule has 5 heteroatoms. The molecule has 91 heavy (non-hydrogen) atoms. The van der Waals surface area contributed by atoms with E-state index in [9.17, 15) is 0 Å². The highest BCUT2D eigenvalue weighted by molar-refractivity contribution is 14.3. The molecule has 0 saturated carbocycles. The van der Waals surface area contributed by atoms with Crippen molar-refractivity contribution in [1.82, 2.24) is 0 Å². The Hall–Kier alpha value is -5.35. The van der Waals surface area contributed by atoms with E-state index < -0.39 is 0 Å². The summed E-state index contributed by atoms with van der Waals surface area (Å²) in [6.45, 7) is 58.8. The number of benzene rings is 8. The largest absolute Gasteiger partial charge is 0.289 e. The van der Waals surface area contributed by atoms with Crippen LogP contribution in [0.3, 0.4) is 0 Å². The normalized spacial score (nSPS) is 13.4. The van der Waals surface area contributed by atoms with E-state index in [2.05, 4.69) is 330 Å². The van der Waals surface area contributed by atoms with Gasteiger partial charge in [-0.2, -0.15) is 0 Å². The van der Waals surface area contributed by atoms with Crippen molar-refractivity contribution in [3.8, 4) is 44.5 Å². The van der Waals surface area contributed by atoms with Crippen LogP contribution in [-0.2, 0) is 43.3 Å². The molecule has 0 aliphatic heterocycles. The maximum atomic E-state index is 16.5. The van der Waals surface area contributed by atoms with Crippen molar-refractivity contribution in [2.75, 3.05) is 0 Å². The van der Waals surface area contributed by atoms with Gasteiger partial charge in [-0.15, -0.1) is 0 Å². The average Bonchev–Trinajstić information content (AvgIpc) is 1.53. The van der Waals surface area contributed by atoms with Crippen LogP contribution in [0.15, 0.2) is 131 Å². The van der Waals surface area contributed by atoms with Gasteiger partial charge in [-0.25, -0.2) is 0 Å². The van der Waals surface area contributed by atoms with E-state index in [1.165, 1.54) is 55.3 Å². The SMILES string of the molecule is CC.CC(C)(C)c1cc(-c2c(=O)c(-c3cc(C(C)(C)C)cc(C(C)(C)C)c3)c3c4cc5c(cc6c7c(-c8cc(C(C)(C)C)cc(C(C)(C)C)c8)c(=O)c(-c8cc(C(C)(C)C)cc(C(C)(C)C)c8)c7c7cccc5c76)c5cccc(c23)c54)cc(C(C)(C)C)c1.ISI. The first-order valence-electron chi connectivity index (χ1n) is 33.0. The quantitative estimate of drug-likeness (QED) is 0.130. The Morgan fingerprint density at radius 1 is 0.242 bits per heavy atom. The Morgan fingerprint density at radius 2 is 0.418 bits per heavy atom. The van der Waals surface area contributed by atoms with E-state index in [0.717, 1.165) is 109 Å². The molecule has 0 aromatic heterocycles. The predicted molar refractivity (Wildman–Crippen MR) is 425 cm³/mol. The number of fused-ring (bicyclic) bond motifs is 9. The minimum Gasteiger partial charge on any atom is -0.289 e. The highest BCUT2D eigenvalue weighted by Crippen LogP contribution is 2.55. The van der Waals surface area contributed by atoms with E-state index in [4.69, 9.17) is 0 Å². The molecule has 0 atom stereocenters. The summed E-state index contributed by atoms with van der Waals surface area (Å²) in [7, 11) is 0. The topological polar surface area (TPSA) is 34.1 Å². The number of hydrogen-bond acceptors (Lipinski definition) is 3. The maximum Gasteiger partial charge on any atom is 0.195 e. The highest BCUT2D eigenvalue weighted by Gasteiger charge is 2.35.